The van der Waals surface area contributed by atoms with E-state index in [1.54, 1.807) is 41.5 Å². The largest absolute Gasteiger partial charge is 0.478 e. The van der Waals surface area contributed by atoms with Crippen molar-refractivity contribution >= 4 is 11.9 Å². The van der Waals surface area contributed by atoms with Crippen molar-refractivity contribution in [3.63, 3.8) is 0 Å². The Morgan fingerprint density at radius 1 is 0.700 bits per heavy atom. The minimum absolute atomic E-state index is 0.00506. The maximum absolute atomic E-state index is 11.6. The highest BCUT2D eigenvalue weighted by molar-refractivity contribution is 5.90. The summed E-state index contributed by atoms with van der Waals surface area (Å²) in [5.41, 5.74) is -1.07. The predicted octanol–water partition coefficient (Wildman–Crippen LogP) is 3.70. The number of carbonyl (C=O) groups is 2. The Hall–Kier alpha value is -2.84. The lowest BCUT2D eigenvalue weighted by Crippen LogP contribution is -2.23. The van der Waals surface area contributed by atoms with E-state index < -0.39 is 35.0 Å². The van der Waals surface area contributed by atoms with Crippen LogP contribution in [0.3, 0.4) is 0 Å². The van der Waals surface area contributed by atoms with Gasteiger partial charge in [-0.15, -0.1) is 0 Å². The fourth-order valence-corrected chi connectivity index (χ4v) is 2.83. The molecule has 0 aliphatic carbocycles. The molecule has 2 heterocycles. The topological polar surface area (TPSA) is 141 Å². The highest BCUT2D eigenvalue weighted by atomic mass is 16.4. The first-order valence-electron chi connectivity index (χ1n) is 9.49. The van der Waals surface area contributed by atoms with Gasteiger partial charge in [0.15, 0.2) is 0 Å². The van der Waals surface area contributed by atoms with Crippen LogP contribution in [0.4, 0.5) is 0 Å². The second kappa shape index (κ2) is 8.12. The van der Waals surface area contributed by atoms with Gasteiger partial charge in [0, 0.05) is 0 Å². The molecule has 4 N–H and O–H groups in total. The molecular formula is C22H28N2O6. The number of nitrogens with zero attached hydrogens (tertiary/aromatic N) is 2. The van der Waals surface area contributed by atoms with Crippen molar-refractivity contribution in [1.29, 1.82) is 0 Å². The van der Waals surface area contributed by atoms with E-state index in [9.17, 15) is 30.0 Å². The van der Waals surface area contributed by atoms with E-state index in [0.29, 0.717) is 0 Å². The molecule has 0 fully saturated rings. The molecule has 2 unspecified atom stereocenters. The van der Waals surface area contributed by atoms with E-state index in [1.165, 1.54) is 24.3 Å². The van der Waals surface area contributed by atoms with Crippen LogP contribution in [0.1, 0.15) is 85.9 Å². The van der Waals surface area contributed by atoms with E-state index in [4.69, 9.17) is 0 Å². The Kier molecular flexibility index (Phi) is 6.34. The quantitative estimate of drug-likeness (QED) is 0.578. The molecule has 2 rings (SSSR count). The highest BCUT2D eigenvalue weighted by Crippen LogP contribution is 2.36. The Balaban J connectivity index is 2.70. The van der Waals surface area contributed by atoms with Gasteiger partial charge in [-0.25, -0.2) is 19.6 Å². The third-order valence-electron chi connectivity index (χ3n) is 4.73. The van der Waals surface area contributed by atoms with Crippen LogP contribution < -0.4 is 0 Å². The molecule has 8 nitrogen and oxygen atoms in total. The smallest absolute Gasteiger partial charge is 0.337 e. The number of hydrogen-bond acceptors (Lipinski definition) is 6. The van der Waals surface area contributed by atoms with Crippen LogP contribution in [-0.2, 0) is 0 Å². The normalized spacial score (nSPS) is 14.3. The summed E-state index contributed by atoms with van der Waals surface area (Å²) >= 11 is 0. The predicted molar refractivity (Wildman–Crippen MR) is 110 cm³/mol. The fourth-order valence-electron chi connectivity index (χ4n) is 2.83. The molecule has 0 spiro atoms. The standard InChI is InChI=1S/C22H28N2O6/c1-21(2,3)17(25)15-11(19(27)28)7-9-13(23-15)14-10-8-12(20(29)30)16(24-14)18(26)22(4,5)6/h7-10,17-18,25-26H,1-6H3,(H,27,28)(H,29,30). The number of aromatic nitrogens is 2. The molecule has 0 amide bonds. The van der Waals surface area contributed by atoms with Gasteiger partial charge in [0.25, 0.3) is 0 Å². The van der Waals surface area contributed by atoms with Gasteiger partial charge < -0.3 is 20.4 Å². The first-order chi connectivity index (χ1) is 13.6. The molecule has 0 aliphatic heterocycles. The fraction of sp³-hybridized carbons (Fsp3) is 0.455. The van der Waals surface area contributed by atoms with Gasteiger partial charge in [0.1, 0.15) is 12.2 Å². The average Bonchev–Trinajstić information content (AvgIpc) is 2.64. The van der Waals surface area contributed by atoms with Crippen molar-refractivity contribution < 1.29 is 30.0 Å². The van der Waals surface area contributed by atoms with Crippen LogP contribution in [0.25, 0.3) is 11.4 Å². The van der Waals surface area contributed by atoms with Gasteiger partial charge in [-0.1, -0.05) is 41.5 Å². The zero-order valence-electron chi connectivity index (χ0n) is 18.0. The van der Waals surface area contributed by atoms with E-state index in [0.717, 1.165) is 0 Å². The molecule has 0 radical (unpaired) electrons. The molecule has 2 aromatic heterocycles. The molecule has 2 aromatic rings. The van der Waals surface area contributed by atoms with E-state index in [2.05, 4.69) is 9.97 Å². The van der Waals surface area contributed by atoms with Crippen molar-refractivity contribution in [2.45, 2.75) is 53.8 Å². The Morgan fingerprint density at radius 3 is 1.23 bits per heavy atom. The van der Waals surface area contributed by atoms with Crippen LogP contribution in [0.15, 0.2) is 24.3 Å². The number of carboxylic acid groups (broad SMARTS) is 2. The van der Waals surface area contributed by atoms with E-state index >= 15 is 0 Å². The number of rotatable bonds is 5. The summed E-state index contributed by atoms with van der Waals surface area (Å²) in [5, 5.41) is 40.3. The number of aromatic carboxylic acids is 2. The molecule has 2 atom stereocenters. The third kappa shape index (κ3) is 4.83. The van der Waals surface area contributed by atoms with Crippen LogP contribution in [0, 0.1) is 10.8 Å². The van der Waals surface area contributed by atoms with Crippen LogP contribution in [0.2, 0.25) is 0 Å². The monoisotopic (exact) mass is 416 g/mol. The Labute approximate surface area is 175 Å². The van der Waals surface area contributed by atoms with Crippen LogP contribution in [0.5, 0.6) is 0 Å². The van der Waals surface area contributed by atoms with Gasteiger partial charge in [-0.2, -0.15) is 0 Å². The summed E-state index contributed by atoms with van der Waals surface area (Å²) in [7, 11) is 0. The van der Waals surface area contributed by atoms with Gasteiger partial charge in [-0.05, 0) is 35.1 Å². The molecule has 0 bridgehead atoms. The molecule has 0 saturated heterocycles. The summed E-state index contributed by atoms with van der Waals surface area (Å²) in [4.78, 5) is 31.9. The minimum atomic E-state index is -1.22. The molecule has 0 aliphatic rings. The number of pyridine rings is 2. The lowest BCUT2D eigenvalue weighted by atomic mass is 9.85. The first kappa shape index (κ1) is 23.4. The molecular weight excluding hydrogens is 388 g/mol. The zero-order valence-corrected chi connectivity index (χ0v) is 18.0. The zero-order chi connectivity index (χ0) is 23.0. The van der Waals surface area contributed by atoms with Crippen LogP contribution >= 0.6 is 0 Å². The summed E-state index contributed by atoms with van der Waals surface area (Å²) < 4.78 is 0. The van der Waals surface area contributed by atoms with Crippen molar-refractivity contribution in [3.8, 4) is 11.4 Å². The maximum atomic E-state index is 11.6. The lowest BCUT2D eigenvalue weighted by Gasteiger charge is -2.27. The summed E-state index contributed by atoms with van der Waals surface area (Å²) in [5.74, 6) is -2.43. The van der Waals surface area contributed by atoms with Gasteiger partial charge in [-0.3, -0.25) is 0 Å². The molecule has 8 heteroatoms. The second-order valence-corrected chi connectivity index (χ2v) is 9.41. The maximum Gasteiger partial charge on any atom is 0.337 e. The summed E-state index contributed by atoms with van der Waals surface area (Å²) in [6, 6.07) is 5.56. The first-order valence-corrected chi connectivity index (χ1v) is 9.49. The van der Waals surface area contributed by atoms with E-state index in [-0.39, 0.29) is 33.9 Å². The number of carboxylic acids is 2. The average molecular weight is 416 g/mol. The third-order valence-corrected chi connectivity index (χ3v) is 4.73. The molecule has 0 saturated carbocycles. The van der Waals surface area contributed by atoms with Crippen molar-refractivity contribution in [2.24, 2.45) is 10.8 Å². The highest BCUT2D eigenvalue weighted by Gasteiger charge is 2.31. The lowest BCUT2D eigenvalue weighted by molar-refractivity contribution is 0.0534. The number of hydrogen-bond donors (Lipinski definition) is 4. The Bertz CT molecular complexity index is 893. The SMILES string of the molecule is CC(C)(C)C(O)c1nc(-c2ccc(C(=O)O)c(C(O)C(C)(C)C)n2)ccc1C(=O)O. The second-order valence-electron chi connectivity index (χ2n) is 9.41. The van der Waals surface area contributed by atoms with Crippen molar-refractivity contribution in [3.05, 3.63) is 46.8 Å². The molecule has 0 aromatic carbocycles. The summed E-state index contributed by atoms with van der Waals surface area (Å²) in [6.45, 7) is 10.6. The molecule has 30 heavy (non-hydrogen) atoms. The minimum Gasteiger partial charge on any atom is -0.478 e. The van der Waals surface area contributed by atoms with Gasteiger partial charge in [0.2, 0.25) is 0 Å². The summed E-state index contributed by atoms with van der Waals surface area (Å²) in [6.07, 6.45) is -2.30. The van der Waals surface area contributed by atoms with Crippen molar-refractivity contribution in [1.82, 2.24) is 9.97 Å². The van der Waals surface area contributed by atoms with Gasteiger partial charge in [0.05, 0.1) is 33.9 Å². The van der Waals surface area contributed by atoms with Crippen molar-refractivity contribution in [2.75, 3.05) is 0 Å². The molecule has 162 valence electrons. The number of aliphatic hydroxyl groups excluding tert-OH is 2. The van der Waals surface area contributed by atoms with Crippen LogP contribution in [-0.4, -0.2) is 42.3 Å². The van der Waals surface area contributed by atoms with E-state index in [1.807, 2.05) is 0 Å². The number of aliphatic hydroxyl groups is 2. The Morgan fingerprint density at radius 2 is 1.00 bits per heavy atom. The van der Waals surface area contributed by atoms with Gasteiger partial charge >= 0.3 is 11.9 Å².